The third kappa shape index (κ3) is 4.62. The van der Waals surface area contributed by atoms with Gasteiger partial charge in [-0.05, 0) is 43.7 Å². The van der Waals surface area contributed by atoms with Crippen molar-refractivity contribution in [1.29, 1.82) is 0 Å². The summed E-state index contributed by atoms with van der Waals surface area (Å²) in [4.78, 5) is 16.6. The van der Waals surface area contributed by atoms with Gasteiger partial charge in [-0.15, -0.1) is 12.4 Å². The number of hydrogen-bond acceptors (Lipinski definition) is 4. The average Bonchev–Trinajstić information content (AvgIpc) is 3.12. The third-order valence-corrected chi connectivity index (χ3v) is 4.10. The van der Waals surface area contributed by atoms with Crippen molar-refractivity contribution in [2.75, 3.05) is 0 Å². The zero-order valence-electron chi connectivity index (χ0n) is 14.4. The van der Waals surface area contributed by atoms with Gasteiger partial charge in [0.25, 0.3) is 5.91 Å². The van der Waals surface area contributed by atoms with Gasteiger partial charge in [0.05, 0.1) is 6.04 Å². The van der Waals surface area contributed by atoms with Gasteiger partial charge in [-0.2, -0.15) is 0 Å². The van der Waals surface area contributed by atoms with Crippen molar-refractivity contribution in [1.82, 2.24) is 15.5 Å². The number of carbonyl (C=O) groups is 1. The molecule has 5 nitrogen and oxygen atoms in total. The van der Waals surface area contributed by atoms with E-state index in [1.54, 1.807) is 30.5 Å². The topological polar surface area (TPSA) is 68.0 Å². The molecule has 0 saturated heterocycles. The molecule has 0 unspecified atom stereocenters. The van der Waals surface area contributed by atoms with E-state index in [0.717, 1.165) is 23.4 Å². The monoisotopic (exact) mass is 391 g/mol. The van der Waals surface area contributed by atoms with Crippen LogP contribution in [0.4, 0.5) is 0 Å². The Hall–Kier alpha value is -2.37. The molecule has 3 rings (SSSR count). The SMILES string of the molecule is CCc1cc(-c2cc([C@@H](C)NC(=O)c3cccc(Cl)c3)on2)ccn1.Cl. The number of pyridine rings is 1. The molecule has 0 aliphatic rings. The number of nitrogens with zero attached hydrogens (tertiary/aromatic N) is 2. The van der Waals surface area contributed by atoms with Gasteiger partial charge in [-0.3, -0.25) is 9.78 Å². The maximum absolute atomic E-state index is 12.3. The summed E-state index contributed by atoms with van der Waals surface area (Å²) in [6.45, 7) is 3.89. The van der Waals surface area contributed by atoms with Crippen LogP contribution in [0.15, 0.2) is 53.2 Å². The molecule has 136 valence electrons. The fourth-order valence-electron chi connectivity index (χ4n) is 2.44. The molecule has 3 aromatic rings. The van der Waals surface area contributed by atoms with E-state index in [4.69, 9.17) is 16.1 Å². The van der Waals surface area contributed by atoms with Gasteiger partial charge < -0.3 is 9.84 Å². The molecule has 26 heavy (non-hydrogen) atoms. The molecule has 0 radical (unpaired) electrons. The predicted octanol–water partition coefficient (Wildman–Crippen LogP) is 4.87. The Morgan fingerprint density at radius 3 is 2.81 bits per heavy atom. The number of halogens is 2. The second-order valence-corrected chi connectivity index (χ2v) is 6.15. The van der Waals surface area contributed by atoms with Crippen LogP contribution in [-0.4, -0.2) is 16.0 Å². The number of nitrogens with one attached hydrogen (secondary N) is 1. The summed E-state index contributed by atoms with van der Waals surface area (Å²) in [6.07, 6.45) is 2.61. The van der Waals surface area contributed by atoms with Gasteiger partial charge in [-0.1, -0.05) is 29.7 Å². The molecule has 1 atom stereocenters. The number of hydrogen-bond donors (Lipinski definition) is 1. The normalized spacial score (nSPS) is 11.5. The van der Waals surface area contributed by atoms with Crippen LogP contribution in [0.2, 0.25) is 5.02 Å². The molecule has 0 bridgehead atoms. The molecular formula is C19H19Cl2N3O2. The van der Waals surface area contributed by atoms with Gasteiger partial charge in [0.1, 0.15) is 5.69 Å². The smallest absolute Gasteiger partial charge is 0.251 e. The first-order chi connectivity index (χ1) is 12.1. The average molecular weight is 392 g/mol. The number of aromatic nitrogens is 2. The fourth-order valence-corrected chi connectivity index (χ4v) is 2.63. The first kappa shape index (κ1) is 19.9. The van der Waals surface area contributed by atoms with Crippen molar-refractivity contribution in [2.45, 2.75) is 26.3 Å². The fraction of sp³-hybridized carbons (Fsp3) is 0.211. The maximum atomic E-state index is 12.3. The summed E-state index contributed by atoms with van der Waals surface area (Å²) in [7, 11) is 0. The lowest BCUT2D eigenvalue weighted by Gasteiger charge is -2.10. The Labute approximate surface area is 163 Å². The number of rotatable bonds is 5. The standard InChI is InChI=1S/C19H18ClN3O2.ClH/c1-3-16-10-13(7-8-21-16)17-11-18(25-23-17)12(2)22-19(24)14-5-4-6-15(20)9-14;/h4-12H,3H2,1-2H3,(H,22,24);1H/t12-;/m1./s1. The Bertz CT molecular complexity index is 896. The zero-order chi connectivity index (χ0) is 17.8. The van der Waals surface area contributed by atoms with Crippen LogP contribution in [0.3, 0.4) is 0 Å². The number of carbonyl (C=O) groups excluding carboxylic acids is 1. The highest BCUT2D eigenvalue weighted by Crippen LogP contribution is 2.23. The minimum absolute atomic E-state index is 0. The highest BCUT2D eigenvalue weighted by Gasteiger charge is 2.17. The minimum Gasteiger partial charge on any atom is -0.359 e. The molecule has 1 amide bonds. The zero-order valence-corrected chi connectivity index (χ0v) is 16.0. The van der Waals surface area contributed by atoms with E-state index in [1.807, 2.05) is 32.0 Å². The quantitative estimate of drug-likeness (QED) is 0.673. The van der Waals surface area contributed by atoms with Crippen LogP contribution in [0.1, 0.15) is 41.7 Å². The Morgan fingerprint density at radius 1 is 1.27 bits per heavy atom. The van der Waals surface area contributed by atoms with Crippen molar-refractivity contribution in [3.05, 3.63) is 70.7 Å². The van der Waals surface area contributed by atoms with Gasteiger partial charge in [0.2, 0.25) is 0 Å². The van der Waals surface area contributed by atoms with E-state index < -0.39 is 0 Å². The number of aryl methyl sites for hydroxylation is 1. The van der Waals surface area contributed by atoms with Crippen LogP contribution in [0.5, 0.6) is 0 Å². The lowest BCUT2D eigenvalue weighted by molar-refractivity contribution is 0.0934. The van der Waals surface area contributed by atoms with Crippen LogP contribution < -0.4 is 5.32 Å². The van der Waals surface area contributed by atoms with E-state index in [2.05, 4.69) is 15.5 Å². The van der Waals surface area contributed by atoms with Crippen molar-refractivity contribution in [2.24, 2.45) is 0 Å². The second-order valence-electron chi connectivity index (χ2n) is 5.71. The van der Waals surface area contributed by atoms with Crippen LogP contribution in [0.25, 0.3) is 11.3 Å². The molecule has 0 aliphatic carbocycles. The summed E-state index contributed by atoms with van der Waals surface area (Å²) in [5.41, 5.74) is 3.15. The second kappa shape index (κ2) is 8.83. The van der Waals surface area contributed by atoms with E-state index >= 15 is 0 Å². The molecule has 0 aliphatic heterocycles. The summed E-state index contributed by atoms with van der Waals surface area (Å²) in [5.74, 6) is 0.366. The number of benzene rings is 1. The van der Waals surface area contributed by atoms with Crippen LogP contribution >= 0.6 is 24.0 Å². The van der Waals surface area contributed by atoms with E-state index in [-0.39, 0.29) is 24.4 Å². The first-order valence-electron chi connectivity index (χ1n) is 8.05. The van der Waals surface area contributed by atoms with Gasteiger partial charge in [0, 0.05) is 34.1 Å². The van der Waals surface area contributed by atoms with E-state index in [9.17, 15) is 4.79 Å². The van der Waals surface area contributed by atoms with Crippen molar-refractivity contribution in [3.63, 3.8) is 0 Å². The van der Waals surface area contributed by atoms with Gasteiger partial charge in [0.15, 0.2) is 5.76 Å². The summed E-state index contributed by atoms with van der Waals surface area (Å²) in [5, 5.41) is 7.51. The summed E-state index contributed by atoms with van der Waals surface area (Å²) in [6, 6.07) is 12.2. The van der Waals surface area contributed by atoms with Crippen molar-refractivity contribution < 1.29 is 9.32 Å². The minimum atomic E-state index is -0.319. The Kier molecular flexibility index (Phi) is 6.77. The van der Waals surface area contributed by atoms with Gasteiger partial charge in [-0.25, -0.2) is 0 Å². The first-order valence-corrected chi connectivity index (χ1v) is 8.43. The molecule has 1 aromatic carbocycles. The van der Waals surface area contributed by atoms with Crippen LogP contribution in [0, 0.1) is 0 Å². The maximum Gasteiger partial charge on any atom is 0.251 e. The summed E-state index contributed by atoms with van der Waals surface area (Å²) >= 11 is 5.92. The lowest BCUT2D eigenvalue weighted by Crippen LogP contribution is -2.26. The predicted molar refractivity (Wildman–Crippen MR) is 104 cm³/mol. The largest absolute Gasteiger partial charge is 0.359 e. The number of amides is 1. The third-order valence-electron chi connectivity index (χ3n) is 3.86. The highest BCUT2D eigenvalue weighted by atomic mass is 35.5. The molecule has 7 heteroatoms. The molecule has 1 N–H and O–H groups in total. The van der Waals surface area contributed by atoms with Crippen molar-refractivity contribution >= 4 is 29.9 Å². The molecule has 2 aromatic heterocycles. The summed E-state index contributed by atoms with van der Waals surface area (Å²) < 4.78 is 5.40. The molecular weight excluding hydrogens is 373 g/mol. The highest BCUT2D eigenvalue weighted by molar-refractivity contribution is 6.30. The van der Waals surface area contributed by atoms with E-state index in [1.165, 1.54) is 0 Å². The molecule has 2 heterocycles. The lowest BCUT2D eigenvalue weighted by atomic mass is 10.1. The van der Waals surface area contributed by atoms with Gasteiger partial charge >= 0.3 is 0 Å². The van der Waals surface area contributed by atoms with Crippen LogP contribution in [-0.2, 0) is 6.42 Å². The van der Waals surface area contributed by atoms with E-state index in [0.29, 0.717) is 16.3 Å². The molecule has 0 saturated carbocycles. The Morgan fingerprint density at radius 2 is 2.08 bits per heavy atom. The van der Waals surface area contributed by atoms with Crippen molar-refractivity contribution in [3.8, 4) is 11.3 Å². The molecule has 0 fully saturated rings. The Balaban J connectivity index is 0.00000243. The molecule has 0 spiro atoms.